The normalized spacial score (nSPS) is 17.3. The number of anilines is 2. The van der Waals surface area contributed by atoms with Crippen molar-refractivity contribution in [1.29, 1.82) is 0 Å². The Morgan fingerprint density at radius 1 is 1.02 bits per heavy atom. The molecule has 42 heavy (non-hydrogen) atoms. The van der Waals surface area contributed by atoms with Gasteiger partial charge in [-0.2, -0.15) is 0 Å². The maximum absolute atomic E-state index is 15.1. The van der Waals surface area contributed by atoms with Crippen LogP contribution in [0, 0.1) is 5.82 Å². The van der Waals surface area contributed by atoms with Crippen molar-refractivity contribution >= 4 is 45.1 Å². The molecule has 2 aromatic carbocycles. The highest BCUT2D eigenvalue weighted by Crippen LogP contribution is 2.28. The van der Waals surface area contributed by atoms with Crippen LogP contribution < -0.4 is 19.8 Å². The highest BCUT2D eigenvalue weighted by atomic mass is 32.2. The zero-order chi connectivity index (χ0) is 30.4. The third-order valence-electron chi connectivity index (χ3n) is 7.05. The second-order valence-electron chi connectivity index (χ2n) is 10.3. The van der Waals surface area contributed by atoms with Gasteiger partial charge < -0.3 is 19.9 Å². The van der Waals surface area contributed by atoms with Crippen LogP contribution in [-0.4, -0.2) is 88.6 Å². The smallest absolute Gasteiger partial charge is 0.414 e. The summed E-state index contributed by atoms with van der Waals surface area (Å²) in [5, 5.41) is 2.60. The third kappa shape index (κ3) is 8.26. The van der Waals surface area contributed by atoms with Crippen molar-refractivity contribution in [1.82, 2.24) is 14.9 Å². The van der Waals surface area contributed by atoms with Gasteiger partial charge in [-0.3, -0.25) is 19.3 Å². The van der Waals surface area contributed by atoms with Crippen molar-refractivity contribution in [2.24, 2.45) is 0 Å². The number of nitrogens with one attached hydrogen (secondary N) is 2. The summed E-state index contributed by atoms with van der Waals surface area (Å²) in [4.78, 5) is 53.5. The molecule has 0 unspecified atom stereocenters. The Hall–Kier alpha value is -4.04. The van der Waals surface area contributed by atoms with Crippen LogP contribution in [-0.2, 0) is 30.9 Å². The number of cyclic esters (lactones) is 1. The Bertz CT molecular complexity index is 1440. The molecule has 14 heteroatoms. The average molecular weight is 604 g/mol. The van der Waals surface area contributed by atoms with Crippen molar-refractivity contribution in [2.45, 2.75) is 32.4 Å². The lowest BCUT2D eigenvalue weighted by molar-refractivity contribution is -0.131. The van der Waals surface area contributed by atoms with Crippen molar-refractivity contribution in [3.63, 3.8) is 0 Å². The predicted molar refractivity (Wildman–Crippen MR) is 153 cm³/mol. The number of ketones is 1. The number of sulfonamides is 1. The van der Waals surface area contributed by atoms with Crippen LogP contribution in [0.3, 0.4) is 0 Å². The molecule has 0 aromatic heterocycles. The predicted octanol–water partition coefficient (Wildman–Crippen LogP) is 1.65. The van der Waals surface area contributed by atoms with Gasteiger partial charge >= 0.3 is 6.09 Å². The lowest BCUT2D eigenvalue weighted by atomic mass is 10.0. The first-order chi connectivity index (χ1) is 19.9. The molecule has 2 aromatic rings. The van der Waals surface area contributed by atoms with Crippen molar-refractivity contribution < 1.29 is 36.7 Å². The first-order valence-electron chi connectivity index (χ1n) is 13.5. The van der Waals surface area contributed by atoms with E-state index in [0.29, 0.717) is 48.7 Å². The molecular weight excluding hydrogens is 569 g/mol. The number of halogens is 1. The van der Waals surface area contributed by atoms with E-state index in [1.165, 1.54) is 17.9 Å². The Morgan fingerprint density at radius 3 is 2.33 bits per heavy atom. The molecule has 0 saturated carbocycles. The minimum Gasteiger partial charge on any atom is -0.442 e. The number of hydrogen-bond acceptors (Lipinski definition) is 8. The fourth-order valence-electron chi connectivity index (χ4n) is 4.76. The number of piperazine rings is 1. The topological polar surface area (TPSA) is 145 Å². The van der Waals surface area contributed by atoms with Gasteiger partial charge in [-0.1, -0.05) is 24.3 Å². The summed E-state index contributed by atoms with van der Waals surface area (Å²) in [6, 6.07) is 11.1. The molecule has 2 saturated heterocycles. The van der Waals surface area contributed by atoms with Crippen molar-refractivity contribution in [2.75, 3.05) is 55.3 Å². The minimum atomic E-state index is -3.32. The van der Waals surface area contributed by atoms with Crippen LogP contribution in [0.15, 0.2) is 42.5 Å². The van der Waals surface area contributed by atoms with Gasteiger partial charge in [0.05, 0.1) is 30.7 Å². The quantitative estimate of drug-likeness (QED) is 0.369. The molecule has 3 amide bonds. The number of benzene rings is 2. The summed E-state index contributed by atoms with van der Waals surface area (Å²) < 4.78 is 45.2. The minimum absolute atomic E-state index is 0.0423. The summed E-state index contributed by atoms with van der Waals surface area (Å²) in [6.45, 7) is 3.42. The van der Waals surface area contributed by atoms with Gasteiger partial charge in [0.25, 0.3) is 0 Å². The maximum Gasteiger partial charge on any atom is 0.414 e. The summed E-state index contributed by atoms with van der Waals surface area (Å²) in [6.07, 6.45) is 0.0271. The summed E-state index contributed by atoms with van der Waals surface area (Å²) in [5.74, 6) is -1.08. The van der Waals surface area contributed by atoms with E-state index in [2.05, 4.69) is 10.0 Å². The zero-order valence-corrected chi connectivity index (χ0v) is 24.3. The van der Waals surface area contributed by atoms with Crippen LogP contribution >= 0.6 is 0 Å². The van der Waals surface area contributed by atoms with E-state index < -0.39 is 28.0 Å². The molecule has 0 aliphatic carbocycles. The van der Waals surface area contributed by atoms with Crippen LogP contribution in [0.1, 0.15) is 35.7 Å². The molecule has 12 nitrogen and oxygen atoms in total. The highest BCUT2D eigenvalue weighted by Gasteiger charge is 2.33. The summed E-state index contributed by atoms with van der Waals surface area (Å²) in [5.41, 5.74) is 1.87. The molecule has 1 atom stereocenters. The van der Waals surface area contributed by atoms with E-state index in [9.17, 15) is 27.6 Å². The zero-order valence-electron chi connectivity index (χ0n) is 23.5. The highest BCUT2D eigenvalue weighted by molar-refractivity contribution is 7.88. The second-order valence-corrected chi connectivity index (χ2v) is 12.1. The number of carbonyl (C=O) groups is 4. The Morgan fingerprint density at radius 2 is 1.71 bits per heavy atom. The van der Waals surface area contributed by atoms with E-state index in [0.717, 1.165) is 6.26 Å². The molecule has 0 spiro atoms. The van der Waals surface area contributed by atoms with Gasteiger partial charge in [0.15, 0.2) is 5.78 Å². The second kappa shape index (κ2) is 13.3. The fourth-order valence-corrected chi connectivity index (χ4v) is 5.19. The van der Waals surface area contributed by atoms with Gasteiger partial charge in [-0.05, 0) is 23.8 Å². The first-order valence-corrected chi connectivity index (χ1v) is 15.4. The lowest BCUT2D eigenvalue weighted by Gasteiger charge is -2.36. The molecule has 0 radical (unpaired) electrons. The number of Topliss-reactive ketones (excluding diaryl/α,β-unsaturated/α-hetero) is 1. The SMILES string of the molecule is CC(=O)NC[C@H]1CN(c2ccc(N3CCN(C(=O)CCC(=O)c4ccc(CNS(C)(=O)=O)cc4)CC3)c(F)c2)C(=O)O1. The van der Waals surface area contributed by atoms with E-state index >= 15 is 4.39 Å². The molecular formula is C28H34FN5O7S. The Kier molecular flexibility index (Phi) is 9.78. The number of ether oxygens (including phenoxy) is 1. The Balaban J connectivity index is 1.24. The number of rotatable bonds is 11. The number of carbonyl (C=O) groups excluding carboxylic acids is 4. The van der Waals surface area contributed by atoms with Crippen LogP contribution in [0.4, 0.5) is 20.6 Å². The van der Waals surface area contributed by atoms with E-state index in [1.807, 2.05) is 4.90 Å². The first kappa shape index (κ1) is 30.9. The Labute approximate surface area is 243 Å². The fraction of sp³-hybridized carbons (Fsp3) is 0.429. The molecule has 226 valence electrons. The summed E-state index contributed by atoms with van der Waals surface area (Å²) in [7, 11) is -3.32. The van der Waals surface area contributed by atoms with Crippen LogP contribution in [0.2, 0.25) is 0 Å². The maximum atomic E-state index is 15.1. The monoisotopic (exact) mass is 603 g/mol. The van der Waals surface area contributed by atoms with Gasteiger partial charge in [0, 0.05) is 58.1 Å². The van der Waals surface area contributed by atoms with Crippen molar-refractivity contribution in [3.8, 4) is 0 Å². The van der Waals surface area contributed by atoms with Crippen molar-refractivity contribution in [3.05, 3.63) is 59.4 Å². The lowest BCUT2D eigenvalue weighted by Crippen LogP contribution is -2.49. The standard InChI is InChI=1S/C28H34FN5O7S/c1-19(35)30-17-23-18-34(28(38)41-23)22-7-8-25(24(29)15-22)32-11-13-33(14-12-32)27(37)10-9-26(36)21-5-3-20(4-6-21)16-31-42(2,39)40/h3-8,15,23,31H,9-14,16-18H2,1-2H3,(H,30,35)/t23-/m0/s1. The third-order valence-corrected chi connectivity index (χ3v) is 7.72. The van der Waals surface area contributed by atoms with E-state index in [4.69, 9.17) is 4.74 Å². The van der Waals surface area contributed by atoms with Crippen LogP contribution in [0.5, 0.6) is 0 Å². The number of nitrogens with zero attached hydrogens (tertiary/aromatic N) is 3. The summed E-state index contributed by atoms with van der Waals surface area (Å²) >= 11 is 0. The number of amides is 3. The van der Waals surface area contributed by atoms with E-state index in [-0.39, 0.29) is 50.1 Å². The molecule has 4 rings (SSSR count). The van der Waals surface area contributed by atoms with Gasteiger partial charge in [-0.25, -0.2) is 22.3 Å². The molecule has 2 N–H and O–H groups in total. The molecule has 2 aliphatic heterocycles. The molecule has 2 heterocycles. The molecule has 2 aliphatic rings. The molecule has 2 fully saturated rings. The van der Waals surface area contributed by atoms with Gasteiger partial charge in [-0.15, -0.1) is 0 Å². The van der Waals surface area contributed by atoms with Crippen LogP contribution in [0.25, 0.3) is 0 Å². The van der Waals surface area contributed by atoms with Gasteiger partial charge in [0.2, 0.25) is 21.8 Å². The molecule has 0 bridgehead atoms. The largest absolute Gasteiger partial charge is 0.442 e. The number of hydrogen-bond donors (Lipinski definition) is 2. The van der Waals surface area contributed by atoms with Gasteiger partial charge in [0.1, 0.15) is 11.9 Å². The van der Waals surface area contributed by atoms with E-state index in [1.54, 1.807) is 41.3 Å². The average Bonchev–Trinajstić information content (AvgIpc) is 3.33.